The molecule has 0 aliphatic heterocycles. The second-order valence-corrected chi connectivity index (χ2v) is 2.49. The van der Waals surface area contributed by atoms with Crippen molar-refractivity contribution in [2.45, 2.75) is 0 Å². The molecule has 0 fully saturated rings. The standard InChI is InChI=1S/C7H4ClNO4/c8-5-4(7(12)13)3(6(10)11)1-2-9-5/h1-2H,(H,10,11)(H,12,13). The van der Waals surface area contributed by atoms with Crippen LogP contribution in [0.3, 0.4) is 0 Å². The lowest BCUT2D eigenvalue weighted by atomic mass is 10.1. The fourth-order valence-corrected chi connectivity index (χ4v) is 1.06. The second kappa shape index (κ2) is 3.40. The molecule has 0 aliphatic carbocycles. The minimum absolute atomic E-state index is 0.326. The largest absolute Gasteiger partial charge is 0.478 e. The van der Waals surface area contributed by atoms with Gasteiger partial charge in [-0.05, 0) is 6.07 Å². The Morgan fingerprint density at radius 2 is 1.92 bits per heavy atom. The van der Waals surface area contributed by atoms with E-state index in [0.29, 0.717) is 0 Å². The van der Waals surface area contributed by atoms with Crippen molar-refractivity contribution in [1.82, 2.24) is 4.98 Å². The number of carboxylic acids is 2. The molecule has 0 saturated carbocycles. The highest BCUT2D eigenvalue weighted by atomic mass is 35.5. The van der Waals surface area contributed by atoms with E-state index in [4.69, 9.17) is 21.8 Å². The maximum absolute atomic E-state index is 10.6. The highest BCUT2D eigenvalue weighted by molar-refractivity contribution is 6.33. The average molecular weight is 202 g/mol. The predicted octanol–water partition coefficient (Wildman–Crippen LogP) is 1.13. The van der Waals surface area contributed by atoms with E-state index in [1.54, 1.807) is 0 Å². The number of aromatic carboxylic acids is 2. The molecule has 68 valence electrons. The van der Waals surface area contributed by atoms with E-state index in [1.807, 2.05) is 0 Å². The van der Waals surface area contributed by atoms with Crippen molar-refractivity contribution in [2.24, 2.45) is 0 Å². The third-order valence-corrected chi connectivity index (χ3v) is 1.64. The van der Waals surface area contributed by atoms with Gasteiger partial charge in [-0.15, -0.1) is 0 Å². The van der Waals surface area contributed by atoms with Crippen LogP contribution in [-0.4, -0.2) is 27.1 Å². The first-order valence-corrected chi connectivity index (χ1v) is 3.53. The average Bonchev–Trinajstić information content (AvgIpc) is 2.02. The zero-order valence-corrected chi connectivity index (χ0v) is 6.95. The van der Waals surface area contributed by atoms with Crippen LogP contribution in [0.2, 0.25) is 5.15 Å². The third kappa shape index (κ3) is 1.75. The van der Waals surface area contributed by atoms with Gasteiger partial charge in [0.15, 0.2) is 0 Å². The van der Waals surface area contributed by atoms with Crippen LogP contribution in [0.4, 0.5) is 0 Å². The lowest BCUT2D eigenvalue weighted by Gasteiger charge is -2.01. The molecule has 13 heavy (non-hydrogen) atoms. The molecule has 0 aromatic carbocycles. The topological polar surface area (TPSA) is 87.5 Å². The number of carbonyl (C=O) groups is 2. The van der Waals surface area contributed by atoms with Gasteiger partial charge in [-0.1, -0.05) is 11.6 Å². The van der Waals surface area contributed by atoms with Crippen LogP contribution in [0.1, 0.15) is 20.7 Å². The van der Waals surface area contributed by atoms with E-state index in [9.17, 15) is 9.59 Å². The van der Waals surface area contributed by atoms with Crippen molar-refractivity contribution in [3.8, 4) is 0 Å². The zero-order chi connectivity index (χ0) is 10.0. The van der Waals surface area contributed by atoms with Gasteiger partial charge in [0, 0.05) is 6.20 Å². The summed E-state index contributed by atoms with van der Waals surface area (Å²) in [5, 5.41) is 16.9. The molecule has 0 aliphatic rings. The predicted molar refractivity (Wildman–Crippen MR) is 43.2 cm³/mol. The molecule has 1 aromatic heterocycles. The Labute approximate surface area is 77.6 Å². The van der Waals surface area contributed by atoms with E-state index >= 15 is 0 Å². The van der Waals surface area contributed by atoms with Gasteiger partial charge in [0.2, 0.25) is 0 Å². The number of carboxylic acid groups (broad SMARTS) is 2. The van der Waals surface area contributed by atoms with Crippen LogP contribution in [0, 0.1) is 0 Å². The smallest absolute Gasteiger partial charge is 0.339 e. The van der Waals surface area contributed by atoms with E-state index < -0.39 is 17.5 Å². The van der Waals surface area contributed by atoms with Crippen molar-refractivity contribution in [1.29, 1.82) is 0 Å². The molecule has 6 heteroatoms. The lowest BCUT2D eigenvalue weighted by Crippen LogP contribution is -2.09. The molecule has 0 spiro atoms. The monoisotopic (exact) mass is 201 g/mol. The molecule has 1 aromatic rings. The summed E-state index contributed by atoms with van der Waals surface area (Å²) in [6.07, 6.45) is 1.14. The zero-order valence-electron chi connectivity index (χ0n) is 6.19. The van der Waals surface area contributed by atoms with Crippen molar-refractivity contribution < 1.29 is 19.8 Å². The van der Waals surface area contributed by atoms with Gasteiger partial charge in [-0.2, -0.15) is 0 Å². The summed E-state index contributed by atoms with van der Waals surface area (Å²) in [6, 6.07) is 1.08. The molecule has 2 N–H and O–H groups in total. The Balaban J connectivity index is 3.43. The summed E-state index contributed by atoms with van der Waals surface area (Å²) in [7, 11) is 0. The Morgan fingerprint density at radius 3 is 2.31 bits per heavy atom. The van der Waals surface area contributed by atoms with Gasteiger partial charge in [0.25, 0.3) is 0 Å². The van der Waals surface area contributed by atoms with Gasteiger partial charge >= 0.3 is 11.9 Å². The first kappa shape index (κ1) is 9.47. The Kier molecular flexibility index (Phi) is 2.48. The number of aromatic nitrogens is 1. The number of rotatable bonds is 2. The Hall–Kier alpha value is -1.62. The van der Waals surface area contributed by atoms with Crippen molar-refractivity contribution in [3.05, 3.63) is 28.5 Å². The van der Waals surface area contributed by atoms with Crippen LogP contribution in [0.15, 0.2) is 12.3 Å². The van der Waals surface area contributed by atoms with Crippen LogP contribution in [-0.2, 0) is 0 Å². The highest BCUT2D eigenvalue weighted by Gasteiger charge is 2.19. The molecule has 0 unspecified atom stereocenters. The minimum Gasteiger partial charge on any atom is -0.478 e. The SMILES string of the molecule is O=C(O)c1ccnc(Cl)c1C(=O)O. The van der Waals surface area contributed by atoms with Crippen molar-refractivity contribution in [3.63, 3.8) is 0 Å². The number of hydrogen-bond acceptors (Lipinski definition) is 3. The van der Waals surface area contributed by atoms with Gasteiger partial charge in [-0.3, -0.25) is 0 Å². The molecule has 0 atom stereocenters. The fourth-order valence-electron chi connectivity index (χ4n) is 0.818. The number of nitrogens with zero attached hydrogens (tertiary/aromatic N) is 1. The molecule has 0 saturated heterocycles. The van der Waals surface area contributed by atoms with E-state index in [2.05, 4.69) is 4.98 Å². The van der Waals surface area contributed by atoms with Crippen LogP contribution in [0.5, 0.6) is 0 Å². The number of halogens is 1. The maximum atomic E-state index is 10.6. The van der Waals surface area contributed by atoms with Gasteiger partial charge < -0.3 is 10.2 Å². The molecule has 1 rings (SSSR count). The Morgan fingerprint density at radius 1 is 1.31 bits per heavy atom. The second-order valence-electron chi connectivity index (χ2n) is 2.13. The quantitative estimate of drug-likeness (QED) is 0.701. The first-order valence-electron chi connectivity index (χ1n) is 3.15. The molecule has 5 nitrogen and oxygen atoms in total. The summed E-state index contributed by atoms with van der Waals surface area (Å²) in [5.41, 5.74) is -0.857. The maximum Gasteiger partial charge on any atom is 0.339 e. The fraction of sp³-hybridized carbons (Fsp3) is 0. The van der Waals surface area contributed by atoms with E-state index in [1.165, 1.54) is 0 Å². The molecule has 0 amide bonds. The summed E-state index contributed by atoms with van der Waals surface area (Å²) in [6.45, 7) is 0. The Bertz CT molecular complexity index is 377. The molecule has 0 bridgehead atoms. The van der Waals surface area contributed by atoms with Crippen molar-refractivity contribution >= 4 is 23.5 Å². The normalized spacial score (nSPS) is 9.62. The number of pyridine rings is 1. The van der Waals surface area contributed by atoms with E-state index in [-0.39, 0.29) is 10.7 Å². The van der Waals surface area contributed by atoms with Crippen LogP contribution >= 0.6 is 11.6 Å². The van der Waals surface area contributed by atoms with E-state index in [0.717, 1.165) is 12.3 Å². The first-order chi connectivity index (χ1) is 6.04. The van der Waals surface area contributed by atoms with Gasteiger partial charge in [-0.25, -0.2) is 14.6 Å². The number of hydrogen-bond donors (Lipinski definition) is 2. The van der Waals surface area contributed by atoms with Crippen molar-refractivity contribution in [2.75, 3.05) is 0 Å². The lowest BCUT2D eigenvalue weighted by molar-refractivity contribution is 0.0651. The summed E-state index contributed by atoms with van der Waals surface area (Å²) in [5.74, 6) is -2.75. The van der Waals surface area contributed by atoms with Gasteiger partial charge in [0.05, 0.1) is 5.56 Å². The highest BCUT2D eigenvalue weighted by Crippen LogP contribution is 2.17. The molecule has 0 radical (unpaired) electrons. The minimum atomic E-state index is -1.41. The summed E-state index contributed by atoms with van der Waals surface area (Å²) < 4.78 is 0. The summed E-state index contributed by atoms with van der Waals surface area (Å²) >= 11 is 5.41. The third-order valence-electron chi connectivity index (χ3n) is 1.35. The van der Waals surface area contributed by atoms with Crippen LogP contribution < -0.4 is 0 Å². The van der Waals surface area contributed by atoms with Crippen LogP contribution in [0.25, 0.3) is 0 Å². The molecule has 1 heterocycles. The van der Waals surface area contributed by atoms with Gasteiger partial charge in [0.1, 0.15) is 10.7 Å². The molecular weight excluding hydrogens is 198 g/mol. The molecular formula is C7H4ClNO4. The summed E-state index contributed by atoms with van der Waals surface area (Å²) in [4.78, 5) is 24.6.